The Labute approximate surface area is 114 Å². The van der Waals surface area contributed by atoms with Gasteiger partial charge >= 0.3 is 0 Å². The number of aromatic nitrogens is 3. The second-order valence-electron chi connectivity index (χ2n) is 4.97. The van der Waals surface area contributed by atoms with Gasteiger partial charge in [0.2, 0.25) is 0 Å². The van der Waals surface area contributed by atoms with Gasteiger partial charge < -0.3 is 10.6 Å². The standard InChI is InChI=1S/C13H24N6/c1-3-14-13(18-11-7-5-4-6-8-11)15-9-12-16-10-17-19(12)2/h10-11H,3-9H2,1-2H3,(H2,14,15,18). The summed E-state index contributed by atoms with van der Waals surface area (Å²) in [5, 5.41) is 10.9. The van der Waals surface area contributed by atoms with E-state index >= 15 is 0 Å². The number of nitrogens with zero attached hydrogens (tertiary/aromatic N) is 4. The molecule has 0 atom stereocenters. The molecule has 106 valence electrons. The molecule has 1 aliphatic carbocycles. The summed E-state index contributed by atoms with van der Waals surface area (Å²) in [7, 11) is 1.89. The van der Waals surface area contributed by atoms with Gasteiger partial charge in [-0.3, -0.25) is 4.68 Å². The van der Waals surface area contributed by atoms with Crippen molar-refractivity contribution in [3.05, 3.63) is 12.2 Å². The minimum Gasteiger partial charge on any atom is -0.357 e. The van der Waals surface area contributed by atoms with E-state index in [1.54, 1.807) is 11.0 Å². The zero-order valence-electron chi connectivity index (χ0n) is 11.9. The molecule has 1 aromatic rings. The lowest BCUT2D eigenvalue weighted by atomic mass is 9.96. The summed E-state index contributed by atoms with van der Waals surface area (Å²) in [6.45, 7) is 3.51. The van der Waals surface area contributed by atoms with Crippen molar-refractivity contribution in [1.29, 1.82) is 0 Å². The predicted octanol–water partition coefficient (Wildman–Crippen LogP) is 1.20. The Kier molecular flexibility index (Phi) is 5.18. The first-order chi connectivity index (χ1) is 9.29. The molecule has 6 nitrogen and oxygen atoms in total. The van der Waals surface area contributed by atoms with Crippen LogP contribution in [0.25, 0.3) is 0 Å². The molecule has 0 unspecified atom stereocenters. The predicted molar refractivity (Wildman–Crippen MR) is 75.8 cm³/mol. The molecule has 1 heterocycles. The first-order valence-corrected chi connectivity index (χ1v) is 7.17. The van der Waals surface area contributed by atoms with Crippen molar-refractivity contribution in [3.63, 3.8) is 0 Å². The SMILES string of the molecule is CCNC(=NCc1ncnn1C)NC1CCCCC1. The normalized spacial score (nSPS) is 17.5. The van der Waals surface area contributed by atoms with E-state index in [1.165, 1.54) is 32.1 Å². The van der Waals surface area contributed by atoms with Crippen LogP contribution in [0.15, 0.2) is 11.3 Å². The highest BCUT2D eigenvalue weighted by molar-refractivity contribution is 5.80. The molecule has 0 saturated heterocycles. The van der Waals surface area contributed by atoms with E-state index in [-0.39, 0.29) is 0 Å². The highest BCUT2D eigenvalue weighted by Crippen LogP contribution is 2.17. The second-order valence-corrected chi connectivity index (χ2v) is 4.97. The summed E-state index contributed by atoms with van der Waals surface area (Å²) in [6, 6.07) is 0.561. The fourth-order valence-corrected chi connectivity index (χ4v) is 2.37. The number of aryl methyl sites for hydroxylation is 1. The number of hydrogen-bond acceptors (Lipinski definition) is 3. The van der Waals surface area contributed by atoms with Crippen LogP contribution in [0.1, 0.15) is 44.9 Å². The Morgan fingerprint density at radius 1 is 1.42 bits per heavy atom. The van der Waals surface area contributed by atoms with Crippen LogP contribution in [0.3, 0.4) is 0 Å². The smallest absolute Gasteiger partial charge is 0.191 e. The van der Waals surface area contributed by atoms with E-state index in [0.717, 1.165) is 18.3 Å². The summed E-state index contributed by atoms with van der Waals surface area (Å²) in [5.74, 6) is 1.76. The van der Waals surface area contributed by atoms with Crippen LogP contribution in [0, 0.1) is 0 Å². The molecule has 0 spiro atoms. The van der Waals surface area contributed by atoms with Crippen LogP contribution < -0.4 is 10.6 Å². The van der Waals surface area contributed by atoms with Gasteiger partial charge in [-0.25, -0.2) is 9.98 Å². The van der Waals surface area contributed by atoms with Crippen LogP contribution >= 0.6 is 0 Å². The highest BCUT2D eigenvalue weighted by Gasteiger charge is 2.14. The molecule has 1 aliphatic rings. The number of aliphatic imine (C=N–C) groups is 1. The number of guanidine groups is 1. The van der Waals surface area contributed by atoms with E-state index in [1.807, 2.05) is 7.05 Å². The third-order valence-electron chi connectivity index (χ3n) is 3.47. The zero-order chi connectivity index (χ0) is 13.5. The van der Waals surface area contributed by atoms with Gasteiger partial charge in [0.05, 0.1) is 0 Å². The van der Waals surface area contributed by atoms with Crippen molar-refractivity contribution in [2.75, 3.05) is 6.54 Å². The van der Waals surface area contributed by atoms with Crippen molar-refractivity contribution in [1.82, 2.24) is 25.4 Å². The molecule has 2 N–H and O–H groups in total. The van der Waals surface area contributed by atoms with Gasteiger partial charge in [-0.15, -0.1) is 0 Å². The Bertz CT molecular complexity index is 405. The van der Waals surface area contributed by atoms with E-state index < -0.39 is 0 Å². The topological polar surface area (TPSA) is 67.1 Å². The molecule has 0 amide bonds. The minimum atomic E-state index is 0.554. The quantitative estimate of drug-likeness (QED) is 0.633. The number of nitrogens with one attached hydrogen (secondary N) is 2. The summed E-state index contributed by atoms with van der Waals surface area (Å²) < 4.78 is 1.76. The molecule has 0 aromatic carbocycles. The van der Waals surface area contributed by atoms with E-state index in [0.29, 0.717) is 12.6 Å². The van der Waals surface area contributed by atoms with Gasteiger partial charge in [0.1, 0.15) is 18.7 Å². The van der Waals surface area contributed by atoms with Gasteiger partial charge in [-0.1, -0.05) is 19.3 Å². The Balaban J connectivity index is 1.92. The molecule has 0 aliphatic heterocycles. The number of hydrogen-bond donors (Lipinski definition) is 2. The first kappa shape index (κ1) is 13.8. The summed E-state index contributed by atoms with van der Waals surface area (Å²) in [5.41, 5.74) is 0. The van der Waals surface area contributed by atoms with Crippen LogP contribution in [0.2, 0.25) is 0 Å². The summed E-state index contributed by atoms with van der Waals surface area (Å²) in [6.07, 6.45) is 8.06. The van der Waals surface area contributed by atoms with Crippen LogP contribution in [-0.2, 0) is 13.6 Å². The minimum absolute atomic E-state index is 0.554. The van der Waals surface area contributed by atoms with Gasteiger partial charge in [0.25, 0.3) is 0 Å². The van der Waals surface area contributed by atoms with E-state index in [9.17, 15) is 0 Å². The zero-order valence-corrected chi connectivity index (χ0v) is 11.9. The van der Waals surface area contributed by atoms with E-state index in [4.69, 9.17) is 0 Å². The van der Waals surface area contributed by atoms with Gasteiger partial charge in [0.15, 0.2) is 5.96 Å². The second kappa shape index (κ2) is 7.11. The highest BCUT2D eigenvalue weighted by atomic mass is 15.3. The van der Waals surface area contributed by atoms with Crippen molar-refractivity contribution in [3.8, 4) is 0 Å². The van der Waals surface area contributed by atoms with Crippen molar-refractivity contribution >= 4 is 5.96 Å². The van der Waals surface area contributed by atoms with Crippen LogP contribution in [0.4, 0.5) is 0 Å². The Morgan fingerprint density at radius 2 is 2.21 bits per heavy atom. The average molecular weight is 264 g/mol. The molecule has 1 fully saturated rings. The Hall–Kier alpha value is -1.59. The van der Waals surface area contributed by atoms with Gasteiger partial charge in [-0.2, -0.15) is 5.10 Å². The van der Waals surface area contributed by atoms with E-state index in [2.05, 4.69) is 32.6 Å². The first-order valence-electron chi connectivity index (χ1n) is 7.17. The monoisotopic (exact) mass is 264 g/mol. The maximum absolute atomic E-state index is 4.58. The third kappa shape index (κ3) is 4.22. The molecule has 1 saturated carbocycles. The molecular formula is C13H24N6. The molecule has 19 heavy (non-hydrogen) atoms. The van der Waals surface area contributed by atoms with Crippen molar-refractivity contribution < 1.29 is 0 Å². The Morgan fingerprint density at radius 3 is 2.84 bits per heavy atom. The lowest BCUT2D eigenvalue weighted by Crippen LogP contribution is -2.44. The summed E-state index contributed by atoms with van der Waals surface area (Å²) >= 11 is 0. The van der Waals surface area contributed by atoms with Crippen molar-refractivity contribution in [2.24, 2.45) is 12.0 Å². The average Bonchev–Trinajstić information content (AvgIpc) is 2.83. The largest absolute Gasteiger partial charge is 0.357 e. The molecular weight excluding hydrogens is 240 g/mol. The lowest BCUT2D eigenvalue weighted by molar-refractivity contribution is 0.410. The summed E-state index contributed by atoms with van der Waals surface area (Å²) in [4.78, 5) is 8.77. The third-order valence-corrected chi connectivity index (χ3v) is 3.47. The fraction of sp³-hybridized carbons (Fsp3) is 0.769. The molecule has 0 bridgehead atoms. The van der Waals surface area contributed by atoms with Crippen molar-refractivity contribution in [2.45, 2.75) is 51.6 Å². The fourth-order valence-electron chi connectivity index (χ4n) is 2.37. The van der Waals surface area contributed by atoms with Gasteiger partial charge in [-0.05, 0) is 19.8 Å². The maximum atomic E-state index is 4.58. The van der Waals surface area contributed by atoms with Crippen LogP contribution in [0.5, 0.6) is 0 Å². The molecule has 0 radical (unpaired) electrons. The maximum Gasteiger partial charge on any atom is 0.191 e. The number of rotatable bonds is 4. The van der Waals surface area contributed by atoms with Gasteiger partial charge in [0, 0.05) is 19.6 Å². The molecule has 2 rings (SSSR count). The molecule has 1 aromatic heterocycles. The molecule has 6 heteroatoms. The lowest BCUT2D eigenvalue weighted by Gasteiger charge is -2.24. The van der Waals surface area contributed by atoms with Crippen LogP contribution in [-0.4, -0.2) is 33.3 Å².